The molecule has 2 heterocycles. The highest BCUT2D eigenvalue weighted by Crippen LogP contribution is 2.28. The first kappa shape index (κ1) is 20.3. The number of nitrogens with one attached hydrogen (secondary N) is 2. The van der Waals surface area contributed by atoms with Gasteiger partial charge in [-0.1, -0.05) is 30.3 Å². The molecule has 9 heteroatoms. The van der Waals surface area contributed by atoms with Crippen molar-refractivity contribution in [2.75, 3.05) is 6.54 Å². The van der Waals surface area contributed by atoms with Crippen LogP contribution in [0, 0.1) is 5.82 Å². The molecule has 0 saturated carbocycles. The number of aromatic nitrogens is 2. The van der Waals surface area contributed by atoms with Crippen molar-refractivity contribution >= 4 is 17.8 Å². The number of hydrogen-bond donors (Lipinski definition) is 2. The van der Waals surface area contributed by atoms with Gasteiger partial charge < -0.3 is 10.6 Å². The molecule has 1 aliphatic heterocycles. The number of benzene rings is 2. The van der Waals surface area contributed by atoms with Crippen molar-refractivity contribution in [2.45, 2.75) is 19.0 Å². The van der Waals surface area contributed by atoms with E-state index in [-0.39, 0.29) is 6.54 Å². The molecule has 31 heavy (non-hydrogen) atoms. The van der Waals surface area contributed by atoms with E-state index in [1.807, 2.05) is 24.3 Å². The summed E-state index contributed by atoms with van der Waals surface area (Å²) in [5.41, 5.74) is 0.709. The standard InChI is InChI=1S/C22H20FN5O3/c1-22(16-7-9-17(23)10-8-16)20(30)27(21(31)26-22)14-19(29)24-13-15-5-2-3-6-18(15)28-12-4-11-25-28/h2-12H,13-14H2,1H3,(H,24,29)(H,26,31). The number of carbonyl (C=O) groups excluding carboxylic acids is 3. The summed E-state index contributed by atoms with van der Waals surface area (Å²) in [6, 6.07) is 13.9. The molecular formula is C22H20FN5O3. The molecule has 158 valence electrons. The van der Waals surface area contributed by atoms with Crippen molar-refractivity contribution in [1.29, 1.82) is 0 Å². The maximum atomic E-state index is 13.2. The Morgan fingerprint density at radius 1 is 1.13 bits per heavy atom. The van der Waals surface area contributed by atoms with E-state index >= 15 is 0 Å². The molecular weight excluding hydrogens is 401 g/mol. The van der Waals surface area contributed by atoms with E-state index in [2.05, 4.69) is 15.7 Å². The van der Waals surface area contributed by atoms with Gasteiger partial charge in [-0.25, -0.2) is 13.9 Å². The maximum absolute atomic E-state index is 13.2. The van der Waals surface area contributed by atoms with Crippen LogP contribution in [0.3, 0.4) is 0 Å². The number of nitrogens with zero attached hydrogens (tertiary/aromatic N) is 3. The van der Waals surface area contributed by atoms with Crippen LogP contribution in [0.4, 0.5) is 9.18 Å². The number of halogens is 1. The van der Waals surface area contributed by atoms with Crippen LogP contribution in [-0.2, 0) is 21.7 Å². The quantitative estimate of drug-likeness (QED) is 0.596. The fourth-order valence-electron chi connectivity index (χ4n) is 3.51. The second-order valence-electron chi connectivity index (χ2n) is 7.31. The Hall–Kier alpha value is -4.01. The zero-order chi connectivity index (χ0) is 22.0. The Morgan fingerprint density at radius 2 is 1.87 bits per heavy atom. The lowest BCUT2D eigenvalue weighted by Gasteiger charge is -2.22. The minimum atomic E-state index is -1.36. The largest absolute Gasteiger partial charge is 0.350 e. The normalized spacial score (nSPS) is 18.2. The van der Waals surface area contributed by atoms with E-state index in [0.717, 1.165) is 16.2 Å². The molecule has 1 atom stereocenters. The molecule has 0 spiro atoms. The van der Waals surface area contributed by atoms with Gasteiger partial charge in [-0.3, -0.25) is 14.5 Å². The Kier molecular flexibility index (Phi) is 5.24. The first-order valence-electron chi connectivity index (χ1n) is 9.63. The van der Waals surface area contributed by atoms with Crippen molar-refractivity contribution in [3.05, 3.63) is 83.9 Å². The summed E-state index contributed by atoms with van der Waals surface area (Å²) in [5, 5.41) is 9.54. The SMILES string of the molecule is CC1(c2ccc(F)cc2)NC(=O)N(CC(=O)NCc2ccccc2-n2cccn2)C1=O. The van der Waals surface area contributed by atoms with Gasteiger partial charge in [-0.2, -0.15) is 5.10 Å². The molecule has 3 aromatic rings. The van der Waals surface area contributed by atoms with Gasteiger partial charge in [0, 0.05) is 18.9 Å². The second kappa shape index (κ2) is 8.02. The molecule has 8 nitrogen and oxygen atoms in total. The zero-order valence-corrected chi connectivity index (χ0v) is 16.7. The van der Waals surface area contributed by atoms with Gasteiger partial charge in [-0.15, -0.1) is 0 Å². The summed E-state index contributed by atoms with van der Waals surface area (Å²) in [5.74, 6) is -1.51. The lowest BCUT2D eigenvalue weighted by atomic mass is 9.92. The molecule has 0 aliphatic carbocycles. The molecule has 1 aromatic heterocycles. The average molecular weight is 421 g/mol. The number of urea groups is 1. The molecule has 1 fully saturated rings. The Bertz CT molecular complexity index is 1130. The fraction of sp³-hybridized carbons (Fsp3) is 0.182. The van der Waals surface area contributed by atoms with Crippen LogP contribution < -0.4 is 10.6 Å². The number of para-hydroxylation sites is 1. The Labute approximate surface area is 177 Å². The highest BCUT2D eigenvalue weighted by Gasteiger charge is 2.49. The Balaban J connectivity index is 1.43. The van der Waals surface area contributed by atoms with Crippen molar-refractivity contribution in [3.63, 3.8) is 0 Å². The van der Waals surface area contributed by atoms with E-state index in [4.69, 9.17) is 0 Å². The number of hydrogen-bond acceptors (Lipinski definition) is 4. The molecule has 2 aromatic carbocycles. The third-order valence-corrected chi connectivity index (χ3v) is 5.22. The van der Waals surface area contributed by atoms with Crippen LogP contribution in [0.2, 0.25) is 0 Å². The molecule has 1 saturated heterocycles. The average Bonchev–Trinajstić information content (AvgIpc) is 3.37. The van der Waals surface area contributed by atoms with Crippen molar-refractivity contribution in [1.82, 2.24) is 25.3 Å². The lowest BCUT2D eigenvalue weighted by molar-refractivity contribution is -0.134. The van der Waals surface area contributed by atoms with Gasteiger partial charge in [0.1, 0.15) is 17.9 Å². The van der Waals surface area contributed by atoms with Crippen LogP contribution >= 0.6 is 0 Å². The Morgan fingerprint density at radius 3 is 2.58 bits per heavy atom. The van der Waals surface area contributed by atoms with Gasteiger partial charge in [0.2, 0.25) is 5.91 Å². The molecule has 4 amide bonds. The number of rotatable bonds is 6. The van der Waals surface area contributed by atoms with Crippen LogP contribution in [0.1, 0.15) is 18.1 Å². The van der Waals surface area contributed by atoms with Crippen LogP contribution in [-0.4, -0.2) is 39.1 Å². The monoisotopic (exact) mass is 421 g/mol. The van der Waals surface area contributed by atoms with Crippen LogP contribution in [0.5, 0.6) is 0 Å². The van der Waals surface area contributed by atoms with Crippen LogP contribution in [0.15, 0.2) is 67.0 Å². The van der Waals surface area contributed by atoms with Gasteiger partial charge in [0.05, 0.1) is 5.69 Å². The molecule has 1 unspecified atom stereocenters. The lowest BCUT2D eigenvalue weighted by Crippen LogP contribution is -2.43. The molecule has 0 radical (unpaired) electrons. The summed E-state index contributed by atoms with van der Waals surface area (Å²) in [6.07, 6.45) is 3.45. The molecule has 2 N–H and O–H groups in total. The maximum Gasteiger partial charge on any atom is 0.325 e. The van der Waals surface area contributed by atoms with Gasteiger partial charge in [-0.05, 0) is 42.3 Å². The summed E-state index contributed by atoms with van der Waals surface area (Å²) in [6.45, 7) is 1.30. The highest BCUT2D eigenvalue weighted by atomic mass is 19.1. The predicted molar refractivity (Wildman–Crippen MR) is 109 cm³/mol. The third kappa shape index (κ3) is 3.89. The minimum Gasteiger partial charge on any atom is -0.350 e. The van der Waals surface area contributed by atoms with Gasteiger partial charge >= 0.3 is 6.03 Å². The first-order valence-corrected chi connectivity index (χ1v) is 9.63. The van der Waals surface area contributed by atoms with E-state index in [1.165, 1.54) is 31.2 Å². The van der Waals surface area contributed by atoms with Crippen molar-refractivity contribution in [3.8, 4) is 5.69 Å². The van der Waals surface area contributed by atoms with Crippen molar-refractivity contribution < 1.29 is 18.8 Å². The van der Waals surface area contributed by atoms with Gasteiger partial charge in [0.25, 0.3) is 5.91 Å². The van der Waals surface area contributed by atoms with Crippen LogP contribution in [0.25, 0.3) is 5.69 Å². The van der Waals surface area contributed by atoms with E-state index in [0.29, 0.717) is 5.56 Å². The zero-order valence-electron chi connectivity index (χ0n) is 16.7. The van der Waals surface area contributed by atoms with E-state index in [1.54, 1.807) is 23.1 Å². The number of amides is 4. The topological polar surface area (TPSA) is 96.3 Å². The molecule has 1 aliphatic rings. The summed E-state index contributed by atoms with van der Waals surface area (Å²) in [4.78, 5) is 38.6. The van der Waals surface area contributed by atoms with Gasteiger partial charge in [0.15, 0.2) is 0 Å². The molecule has 4 rings (SSSR count). The summed E-state index contributed by atoms with van der Waals surface area (Å²) >= 11 is 0. The summed E-state index contributed by atoms with van der Waals surface area (Å²) in [7, 11) is 0. The number of carbonyl (C=O) groups is 3. The summed E-state index contributed by atoms with van der Waals surface area (Å²) < 4.78 is 14.9. The van der Waals surface area contributed by atoms with E-state index in [9.17, 15) is 18.8 Å². The predicted octanol–water partition coefficient (Wildman–Crippen LogP) is 2.09. The second-order valence-corrected chi connectivity index (χ2v) is 7.31. The number of imide groups is 1. The third-order valence-electron chi connectivity index (χ3n) is 5.22. The van der Waals surface area contributed by atoms with Crippen molar-refractivity contribution in [2.24, 2.45) is 0 Å². The molecule has 0 bridgehead atoms. The van der Waals surface area contributed by atoms with E-state index < -0.39 is 35.7 Å². The fourth-order valence-corrected chi connectivity index (χ4v) is 3.51. The first-order chi connectivity index (χ1) is 14.9. The smallest absolute Gasteiger partial charge is 0.325 e. The minimum absolute atomic E-state index is 0.202. The highest BCUT2D eigenvalue weighted by molar-refractivity contribution is 6.09.